The predicted molar refractivity (Wildman–Crippen MR) is 61.2 cm³/mol. The summed E-state index contributed by atoms with van der Waals surface area (Å²) in [5.41, 5.74) is 6.06. The van der Waals surface area contributed by atoms with Crippen LogP contribution < -0.4 is 11.1 Å². The number of nitrogens with one attached hydrogen (secondary N) is 1. The first-order valence-electron chi connectivity index (χ1n) is 6.09. The van der Waals surface area contributed by atoms with Crippen molar-refractivity contribution in [2.45, 2.75) is 31.2 Å². The van der Waals surface area contributed by atoms with E-state index in [1.165, 1.54) is 12.8 Å². The van der Waals surface area contributed by atoms with E-state index in [2.05, 4.69) is 5.32 Å². The maximum atomic E-state index is 11.2. The number of nitrogens with two attached hydrogens (primary N) is 1. The van der Waals surface area contributed by atoms with Gasteiger partial charge in [0.1, 0.15) is 0 Å². The summed E-state index contributed by atoms with van der Waals surface area (Å²) >= 11 is 0. The summed E-state index contributed by atoms with van der Waals surface area (Å²) in [6, 6.07) is 0.0203. The minimum Gasteiger partial charge on any atom is -0.378 e. The normalized spacial score (nSPS) is 23.8. The Labute approximate surface area is 96.3 Å². The second kappa shape index (κ2) is 5.01. The molecule has 0 aromatic rings. The van der Waals surface area contributed by atoms with E-state index in [9.17, 15) is 4.79 Å². The molecule has 0 radical (unpaired) electrons. The standard InChI is InChI=1S/C11H21N3O2/c12-11(3-1-2-4-11)9-16-8-7-14-6-5-13-10(14)15/h1-9,12H2,(H,13,15). The van der Waals surface area contributed by atoms with Gasteiger partial charge < -0.3 is 20.7 Å². The molecular weight excluding hydrogens is 206 g/mol. The first-order valence-corrected chi connectivity index (χ1v) is 6.09. The van der Waals surface area contributed by atoms with Crippen LogP contribution in [0.1, 0.15) is 25.7 Å². The van der Waals surface area contributed by atoms with E-state index in [1.807, 2.05) is 0 Å². The molecule has 1 saturated carbocycles. The number of carbonyl (C=O) groups is 1. The fourth-order valence-corrected chi connectivity index (χ4v) is 2.40. The SMILES string of the molecule is NC1(COCCN2CCNC2=O)CCCC1. The van der Waals surface area contributed by atoms with Crippen molar-refractivity contribution in [3.63, 3.8) is 0 Å². The van der Waals surface area contributed by atoms with E-state index in [1.54, 1.807) is 4.90 Å². The summed E-state index contributed by atoms with van der Waals surface area (Å²) in [4.78, 5) is 13.0. The van der Waals surface area contributed by atoms with Crippen molar-refractivity contribution < 1.29 is 9.53 Å². The second-order valence-electron chi connectivity index (χ2n) is 4.84. The van der Waals surface area contributed by atoms with Gasteiger partial charge in [-0.05, 0) is 12.8 Å². The van der Waals surface area contributed by atoms with Crippen LogP contribution in [0, 0.1) is 0 Å². The number of amides is 2. The topological polar surface area (TPSA) is 67.6 Å². The van der Waals surface area contributed by atoms with Gasteiger partial charge in [-0.3, -0.25) is 0 Å². The van der Waals surface area contributed by atoms with Gasteiger partial charge in [0.25, 0.3) is 0 Å². The van der Waals surface area contributed by atoms with E-state index in [-0.39, 0.29) is 11.6 Å². The lowest BCUT2D eigenvalue weighted by atomic mass is 10.0. The molecule has 0 unspecified atom stereocenters. The Hall–Kier alpha value is -0.810. The van der Waals surface area contributed by atoms with Crippen molar-refractivity contribution in [3.05, 3.63) is 0 Å². The third kappa shape index (κ3) is 2.86. The molecule has 0 spiro atoms. The molecule has 2 fully saturated rings. The minimum atomic E-state index is -0.104. The summed E-state index contributed by atoms with van der Waals surface area (Å²) in [5.74, 6) is 0. The summed E-state index contributed by atoms with van der Waals surface area (Å²) in [7, 11) is 0. The molecular formula is C11H21N3O2. The van der Waals surface area contributed by atoms with Crippen molar-refractivity contribution in [1.82, 2.24) is 10.2 Å². The Morgan fingerprint density at radius 2 is 2.19 bits per heavy atom. The fraction of sp³-hybridized carbons (Fsp3) is 0.909. The summed E-state index contributed by atoms with van der Waals surface area (Å²) < 4.78 is 5.58. The van der Waals surface area contributed by atoms with Crippen molar-refractivity contribution in [3.8, 4) is 0 Å². The molecule has 5 nitrogen and oxygen atoms in total. The second-order valence-corrected chi connectivity index (χ2v) is 4.84. The molecule has 1 saturated heterocycles. The van der Waals surface area contributed by atoms with Gasteiger partial charge in [0.15, 0.2) is 0 Å². The van der Waals surface area contributed by atoms with Crippen LogP contribution in [0.5, 0.6) is 0 Å². The van der Waals surface area contributed by atoms with Crippen LogP contribution in [0.3, 0.4) is 0 Å². The first-order chi connectivity index (χ1) is 7.70. The lowest BCUT2D eigenvalue weighted by Gasteiger charge is -2.23. The molecule has 1 aliphatic carbocycles. The third-order valence-corrected chi connectivity index (χ3v) is 3.44. The van der Waals surface area contributed by atoms with Gasteiger partial charge >= 0.3 is 6.03 Å². The van der Waals surface area contributed by atoms with Gasteiger partial charge in [0, 0.05) is 25.2 Å². The van der Waals surface area contributed by atoms with Gasteiger partial charge in [-0.1, -0.05) is 12.8 Å². The van der Waals surface area contributed by atoms with Crippen LogP contribution in [0.15, 0.2) is 0 Å². The molecule has 0 aromatic heterocycles. The van der Waals surface area contributed by atoms with Crippen molar-refractivity contribution >= 4 is 6.03 Å². The molecule has 2 amide bonds. The average molecular weight is 227 g/mol. The van der Waals surface area contributed by atoms with Gasteiger partial charge in [-0.2, -0.15) is 0 Å². The monoisotopic (exact) mass is 227 g/mol. The largest absolute Gasteiger partial charge is 0.378 e. The highest BCUT2D eigenvalue weighted by Crippen LogP contribution is 2.27. The Morgan fingerprint density at radius 1 is 1.44 bits per heavy atom. The molecule has 1 heterocycles. The number of urea groups is 1. The predicted octanol–water partition coefficient (Wildman–Crippen LogP) is 0.300. The molecule has 0 bridgehead atoms. The number of hydrogen-bond donors (Lipinski definition) is 2. The smallest absolute Gasteiger partial charge is 0.317 e. The molecule has 1 aliphatic heterocycles. The highest BCUT2D eigenvalue weighted by molar-refractivity contribution is 5.76. The zero-order chi connectivity index (χ0) is 11.4. The molecule has 92 valence electrons. The molecule has 2 aliphatic rings. The van der Waals surface area contributed by atoms with Crippen LogP contribution in [-0.2, 0) is 4.74 Å². The van der Waals surface area contributed by atoms with E-state index < -0.39 is 0 Å². The van der Waals surface area contributed by atoms with Gasteiger partial charge in [0.05, 0.1) is 13.2 Å². The Bertz CT molecular complexity index is 252. The van der Waals surface area contributed by atoms with Gasteiger partial charge in [-0.25, -0.2) is 4.79 Å². The molecule has 2 rings (SSSR count). The average Bonchev–Trinajstić information content (AvgIpc) is 2.84. The number of carbonyl (C=O) groups excluding carboxylic acids is 1. The summed E-state index contributed by atoms with van der Waals surface area (Å²) in [5, 5.41) is 2.77. The lowest BCUT2D eigenvalue weighted by Crippen LogP contribution is -2.42. The highest BCUT2D eigenvalue weighted by atomic mass is 16.5. The first kappa shape index (κ1) is 11.7. The number of nitrogens with zero attached hydrogens (tertiary/aromatic N) is 1. The van der Waals surface area contributed by atoms with Crippen molar-refractivity contribution in [2.75, 3.05) is 32.8 Å². The van der Waals surface area contributed by atoms with Crippen LogP contribution in [0.4, 0.5) is 4.79 Å². The maximum absolute atomic E-state index is 11.2. The quantitative estimate of drug-likeness (QED) is 0.664. The number of rotatable bonds is 5. The van der Waals surface area contributed by atoms with E-state index in [4.69, 9.17) is 10.5 Å². The van der Waals surface area contributed by atoms with Crippen molar-refractivity contribution in [1.29, 1.82) is 0 Å². The highest BCUT2D eigenvalue weighted by Gasteiger charge is 2.29. The van der Waals surface area contributed by atoms with Crippen LogP contribution in [-0.4, -0.2) is 49.3 Å². The Kier molecular flexibility index (Phi) is 3.66. The number of ether oxygens (including phenoxy) is 1. The van der Waals surface area contributed by atoms with Gasteiger partial charge in [-0.15, -0.1) is 0 Å². The van der Waals surface area contributed by atoms with Crippen LogP contribution in [0.25, 0.3) is 0 Å². The minimum absolute atomic E-state index is 0.0203. The molecule has 3 N–H and O–H groups in total. The van der Waals surface area contributed by atoms with Crippen molar-refractivity contribution in [2.24, 2.45) is 5.73 Å². The Morgan fingerprint density at radius 3 is 2.81 bits per heavy atom. The zero-order valence-corrected chi connectivity index (χ0v) is 9.71. The van der Waals surface area contributed by atoms with E-state index in [0.29, 0.717) is 19.8 Å². The fourth-order valence-electron chi connectivity index (χ4n) is 2.40. The number of hydrogen-bond acceptors (Lipinski definition) is 3. The molecule has 5 heteroatoms. The maximum Gasteiger partial charge on any atom is 0.317 e. The molecule has 0 aromatic carbocycles. The van der Waals surface area contributed by atoms with Crippen LogP contribution >= 0.6 is 0 Å². The molecule has 0 atom stereocenters. The lowest BCUT2D eigenvalue weighted by molar-refractivity contribution is 0.0762. The summed E-state index contributed by atoms with van der Waals surface area (Å²) in [6.07, 6.45) is 4.57. The molecule has 16 heavy (non-hydrogen) atoms. The Balaban J connectivity index is 1.59. The summed E-state index contributed by atoms with van der Waals surface area (Å²) in [6.45, 7) is 3.42. The van der Waals surface area contributed by atoms with Crippen LogP contribution in [0.2, 0.25) is 0 Å². The third-order valence-electron chi connectivity index (χ3n) is 3.44. The van der Waals surface area contributed by atoms with E-state index >= 15 is 0 Å². The van der Waals surface area contributed by atoms with Gasteiger partial charge in [0.2, 0.25) is 0 Å². The zero-order valence-electron chi connectivity index (χ0n) is 9.71. The van der Waals surface area contributed by atoms with E-state index in [0.717, 1.165) is 25.9 Å².